The van der Waals surface area contributed by atoms with Crippen LogP contribution in [-0.2, 0) is 21.2 Å². The van der Waals surface area contributed by atoms with Crippen LogP contribution in [0, 0.1) is 6.92 Å². The number of anilines is 1. The van der Waals surface area contributed by atoms with Gasteiger partial charge in [-0.05, 0) is 43.7 Å². The highest BCUT2D eigenvalue weighted by molar-refractivity contribution is 7.89. The lowest BCUT2D eigenvalue weighted by Crippen LogP contribution is -2.30. The Bertz CT molecular complexity index is 1220. The maximum atomic E-state index is 12.8. The Labute approximate surface area is 199 Å². The van der Waals surface area contributed by atoms with Crippen molar-refractivity contribution in [2.45, 2.75) is 39.0 Å². The fraction of sp³-hybridized carbons (Fsp3) is 0.333. The van der Waals surface area contributed by atoms with Gasteiger partial charge in [0.15, 0.2) is 0 Å². The highest BCUT2D eigenvalue weighted by atomic mass is 32.2. The number of thiazole rings is 1. The van der Waals surface area contributed by atoms with Gasteiger partial charge in [0, 0.05) is 24.2 Å². The number of carbonyl (C=O) groups is 1. The lowest BCUT2D eigenvalue weighted by Gasteiger charge is -2.19. The Morgan fingerprint density at radius 2 is 1.85 bits per heavy atom. The van der Waals surface area contributed by atoms with Gasteiger partial charge in [0.25, 0.3) is 0 Å². The number of carbonyl (C=O) groups excluding carboxylic acids is 1. The zero-order valence-electron chi connectivity index (χ0n) is 19.3. The summed E-state index contributed by atoms with van der Waals surface area (Å²) in [6, 6.07) is 12.5. The first kappa shape index (κ1) is 24.9. The largest absolute Gasteiger partial charge is 0.493 e. The lowest BCUT2D eigenvalue weighted by molar-refractivity contribution is -0.115. The molecule has 0 unspecified atom stereocenters. The Morgan fingerprint density at radius 3 is 2.55 bits per heavy atom. The molecule has 3 rings (SSSR count). The van der Waals surface area contributed by atoms with Gasteiger partial charge in [-0.15, -0.1) is 11.3 Å². The maximum absolute atomic E-state index is 12.8. The molecular formula is C24H29N3O4S2. The van der Waals surface area contributed by atoms with E-state index in [1.54, 1.807) is 26.0 Å². The van der Waals surface area contributed by atoms with Crippen molar-refractivity contribution in [3.8, 4) is 16.3 Å². The van der Waals surface area contributed by atoms with Crippen LogP contribution in [0.25, 0.3) is 10.6 Å². The van der Waals surface area contributed by atoms with Crippen LogP contribution in [0.4, 0.5) is 5.69 Å². The van der Waals surface area contributed by atoms with Crippen molar-refractivity contribution < 1.29 is 17.9 Å². The first-order chi connectivity index (χ1) is 15.8. The number of sulfonamides is 1. The van der Waals surface area contributed by atoms with E-state index >= 15 is 0 Å². The molecule has 0 radical (unpaired) electrons. The fourth-order valence-electron chi connectivity index (χ4n) is 3.40. The molecule has 0 aliphatic rings. The van der Waals surface area contributed by atoms with Gasteiger partial charge in [-0.25, -0.2) is 13.4 Å². The third-order valence-corrected chi connectivity index (χ3v) is 8.11. The third kappa shape index (κ3) is 5.79. The molecule has 1 N–H and O–H groups in total. The van der Waals surface area contributed by atoms with Gasteiger partial charge in [0.05, 0.1) is 29.2 Å². The Morgan fingerprint density at radius 1 is 1.12 bits per heavy atom. The van der Waals surface area contributed by atoms with Crippen LogP contribution in [0.5, 0.6) is 5.75 Å². The Hall–Kier alpha value is -2.75. The van der Waals surface area contributed by atoms with E-state index in [0.29, 0.717) is 31.1 Å². The smallest absolute Gasteiger partial charge is 0.243 e. The molecule has 0 aliphatic heterocycles. The van der Waals surface area contributed by atoms with Crippen molar-refractivity contribution in [3.05, 3.63) is 59.1 Å². The molecule has 0 bridgehead atoms. The summed E-state index contributed by atoms with van der Waals surface area (Å²) in [5.41, 5.74) is 2.79. The lowest BCUT2D eigenvalue weighted by atomic mass is 10.2. The minimum atomic E-state index is -3.61. The number of aromatic nitrogens is 1. The van der Waals surface area contributed by atoms with Gasteiger partial charge in [0.2, 0.25) is 15.9 Å². The van der Waals surface area contributed by atoms with Crippen molar-refractivity contribution in [2.75, 3.05) is 25.0 Å². The number of ether oxygens (including phenoxy) is 1. The molecule has 0 atom stereocenters. The number of rotatable bonds is 10. The molecule has 7 nitrogen and oxygen atoms in total. The highest BCUT2D eigenvalue weighted by Gasteiger charge is 2.22. The van der Waals surface area contributed by atoms with Gasteiger partial charge in [-0.3, -0.25) is 4.79 Å². The van der Waals surface area contributed by atoms with Crippen molar-refractivity contribution >= 4 is 33.0 Å². The number of para-hydroxylation sites is 1. The number of aryl methyl sites for hydroxylation is 1. The van der Waals surface area contributed by atoms with E-state index in [1.165, 1.54) is 21.7 Å². The van der Waals surface area contributed by atoms with Crippen LogP contribution in [-0.4, -0.2) is 43.3 Å². The predicted molar refractivity (Wildman–Crippen MR) is 132 cm³/mol. The molecule has 0 aliphatic carbocycles. The molecule has 33 heavy (non-hydrogen) atoms. The summed E-state index contributed by atoms with van der Waals surface area (Å²) in [6.07, 6.45) is 0.0831. The van der Waals surface area contributed by atoms with Gasteiger partial charge in [-0.2, -0.15) is 4.31 Å². The van der Waals surface area contributed by atoms with Gasteiger partial charge in [-0.1, -0.05) is 32.0 Å². The molecule has 0 saturated heterocycles. The maximum Gasteiger partial charge on any atom is 0.243 e. The molecule has 3 aromatic rings. The van der Waals surface area contributed by atoms with Crippen LogP contribution >= 0.6 is 11.3 Å². The third-order valence-electron chi connectivity index (χ3n) is 5.14. The number of amides is 1. The topological polar surface area (TPSA) is 88.6 Å². The average molecular weight is 488 g/mol. The summed E-state index contributed by atoms with van der Waals surface area (Å²) in [5, 5.41) is 5.48. The van der Waals surface area contributed by atoms with E-state index in [9.17, 15) is 13.2 Å². The fourth-order valence-corrected chi connectivity index (χ4v) is 5.74. The van der Waals surface area contributed by atoms with E-state index in [2.05, 4.69) is 10.3 Å². The summed E-state index contributed by atoms with van der Waals surface area (Å²) >= 11 is 1.45. The van der Waals surface area contributed by atoms with E-state index < -0.39 is 10.0 Å². The van der Waals surface area contributed by atoms with E-state index in [0.717, 1.165) is 21.9 Å². The summed E-state index contributed by atoms with van der Waals surface area (Å²) in [6.45, 7) is 8.67. The molecule has 9 heteroatoms. The Balaban J connectivity index is 1.76. The number of hydrogen-bond donors (Lipinski definition) is 1. The second-order valence-electron chi connectivity index (χ2n) is 7.36. The number of nitrogens with one attached hydrogen (secondary N) is 1. The van der Waals surface area contributed by atoms with E-state index in [1.807, 2.05) is 43.5 Å². The molecule has 1 heterocycles. The molecule has 2 aromatic carbocycles. The van der Waals surface area contributed by atoms with Crippen LogP contribution in [0.3, 0.4) is 0 Å². The van der Waals surface area contributed by atoms with Crippen molar-refractivity contribution in [1.29, 1.82) is 0 Å². The van der Waals surface area contributed by atoms with Gasteiger partial charge in [0.1, 0.15) is 10.8 Å². The molecule has 1 amide bonds. The molecular weight excluding hydrogens is 458 g/mol. The monoisotopic (exact) mass is 487 g/mol. The standard InChI is InChI=1S/C24H29N3O4S2/c1-5-27(6-2)33(29,30)19-13-12-17(4)21(15-19)26-23(28)14-18-16-32-24(25-18)20-10-8-9-11-22(20)31-7-3/h8-13,15-16H,5-7,14H2,1-4H3,(H,26,28). The quantitative estimate of drug-likeness (QED) is 0.447. The minimum Gasteiger partial charge on any atom is -0.493 e. The van der Waals surface area contributed by atoms with Crippen molar-refractivity contribution in [2.24, 2.45) is 0 Å². The van der Waals surface area contributed by atoms with Gasteiger partial charge < -0.3 is 10.1 Å². The summed E-state index contributed by atoms with van der Waals surface area (Å²) in [5.74, 6) is 0.498. The average Bonchev–Trinajstić information content (AvgIpc) is 3.24. The minimum absolute atomic E-state index is 0.0831. The second-order valence-corrected chi connectivity index (χ2v) is 10.2. The van der Waals surface area contributed by atoms with Crippen LogP contribution in [0.1, 0.15) is 32.0 Å². The van der Waals surface area contributed by atoms with Crippen molar-refractivity contribution in [1.82, 2.24) is 9.29 Å². The summed E-state index contributed by atoms with van der Waals surface area (Å²) < 4.78 is 32.8. The normalized spacial score (nSPS) is 11.5. The molecule has 1 aromatic heterocycles. The van der Waals surface area contributed by atoms with Crippen LogP contribution in [0.15, 0.2) is 52.7 Å². The zero-order valence-corrected chi connectivity index (χ0v) is 20.9. The first-order valence-corrected chi connectivity index (χ1v) is 13.2. The summed E-state index contributed by atoms with van der Waals surface area (Å²) in [7, 11) is -3.61. The molecule has 0 fully saturated rings. The number of nitrogens with zero attached hydrogens (tertiary/aromatic N) is 2. The highest BCUT2D eigenvalue weighted by Crippen LogP contribution is 2.32. The Kier molecular flexibility index (Phi) is 8.23. The van der Waals surface area contributed by atoms with Crippen LogP contribution in [0.2, 0.25) is 0 Å². The number of benzene rings is 2. The van der Waals surface area contributed by atoms with E-state index in [4.69, 9.17) is 4.74 Å². The van der Waals surface area contributed by atoms with Crippen molar-refractivity contribution in [3.63, 3.8) is 0 Å². The molecule has 0 spiro atoms. The van der Waals surface area contributed by atoms with E-state index in [-0.39, 0.29) is 17.2 Å². The SMILES string of the molecule is CCOc1ccccc1-c1nc(CC(=O)Nc2cc(S(=O)(=O)N(CC)CC)ccc2C)cs1. The predicted octanol–water partition coefficient (Wildman–Crippen LogP) is 4.73. The second kappa shape index (κ2) is 10.9. The molecule has 0 saturated carbocycles. The summed E-state index contributed by atoms with van der Waals surface area (Å²) in [4.78, 5) is 17.5. The van der Waals surface area contributed by atoms with Crippen LogP contribution < -0.4 is 10.1 Å². The molecule has 176 valence electrons. The first-order valence-electron chi connectivity index (χ1n) is 10.9. The number of hydrogen-bond acceptors (Lipinski definition) is 6. The van der Waals surface area contributed by atoms with Gasteiger partial charge >= 0.3 is 0 Å². The zero-order chi connectivity index (χ0) is 24.0.